The SMILES string of the molecule is COc1ncc(-c2cc3c(c(-c4cc5ccccc5s4)c2)CN=C3)cc1C(=O)O. The standard InChI is InChI=1S/C23H16N2O3S/c1-28-22-18(23(26)27)8-15(11-25-22)14-6-16-10-24-12-19(16)17(7-14)21-9-13-4-2-3-5-20(13)29-21/h2-11H,12H2,1H3,(H,26,27). The van der Waals surface area contributed by atoms with Crippen LogP contribution in [0.25, 0.3) is 31.7 Å². The molecular weight excluding hydrogens is 384 g/mol. The fourth-order valence-corrected chi connectivity index (χ4v) is 4.75. The zero-order chi connectivity index (χ0) is 20.0. The number of methoxy groups -OCH3 is 1. The molecule has 4 aromatic rings. The number of hydrogen-bond acceptors (Lipinski definition) is 5. The molecule has 0 aliphatic carbocycles. The lowest BCUT2D eigenvalue weighted by Gasteiger charge is -2.12. The molecule has 0 unspecified atom stereocenters. The quantitative estimate of drug-likeness (QED) is 0.507. The Kier molecular flexibility index (Phi) is 4.14. The van der Waals surface area contributed by atoms with Crippen LogP contribution in [-0.4, -0.2) is 29.4 Å². The summed E-state index contributed by atoms with van der Waals surface area (Å²) >= 11 is 1.75. The number of nitrogens with zero attached hydrogens (tertiary/aromatic N) is 2. The topological polar surface area (TPSA) is 71.8 Å². The van der Waals surface area contributed by atoms with Gasteiger partial charge in [-0.3, -0.25) is 4.99 Å². The van der Waals surface area contributed by atoms with Crippen molar-refractivity contribution < 1.29 is 14.6 Å². The van der Waals surface area contributed by atoms with Crippen molar-refractivity contribution in [3.63, 3.8) is 0 Å². The van der Waals surface area contributed by atoms with Gasteiger partial charge in [-0.25, -0.2) is 9.78 Å². The van der Waals surface area contributed by atoms with Crippen LogP contribution in [0.1, 0.15) is 21.5 Å². The fraction of sp³-hybridized carbons (Fsp3) is 0.0870. The smallest absolute Gasteiger partial charge is 0.341 e. The molecule has 0 saturated carbocycles. The summed E-state index contributed by atoms with van der Waals surface area (Å²) in [5.41, 5.74) is 5.06. The summed E-state index contributed by atoms with van der Waals surface area (Å²) < 4.78 is 6.32. The molecule has 0 amide bonds. The molecule has 2 aromatic carbocycles. The normalized spacial score (nSPS) is 12.3. The number of carbonyl (C=O) groups is 1. The Bertz CT molecular complexity index is 1270. The predicted octanol–water partition coefficient (Wildman–Crippen LogP) is 5.27. The highest BCUT2D eigenvalue weighted by Crippen LogP contribution is 2.40. The Hall–Kier alpha value is -3.51. The lowest BCUT2D eigenvalue weighted by Crippen LogP contribution is -2.03. The van der Waals surface area contributed by atoms with E-state index < -0.39 is 5.97 Å². The Labute approximate surface area is 171 Å². The van der Waals surface area contributed by atoms with E-state index in [4.69, 9.17) is 4.74 Å². The van der Waals surface area contributed by atoms with E-state index in [1.807, 2.05) is 24.4 Å². The van der Waals surface area contributed by atoms with Crippen molar-refractivity contribution in [3.8, 4) is 27.4 Å². The molecule has 2 aromatic heterocycles. The van der Waals surface area contributed by atoms with Crippen molar-refractivity contribution in [1.29, 1.82) is 0 Å². The van der Waals surface area contributed by atoms with Gasteiger partial charge in [0.25, 0.3) is 0 Å². The molecule has 0 radical (unpaired) electrons. The van der Waals surface area contributed by atoms with Gasteiger partial charge in [-0.2, -0.15) is 0 Å². The maximum atomic E-state index is 11.6. The lowest BCUT2D eigenvalue weighted by molar-refractivity contribution is 0.0692. The third-order valence-corrected chi connectivity index (χ3v) is 6.21. The lowest BCUT2D eigenvalue weighted by atomic mass is 9.95. The number of aromatic nitrogens is 1. The number of thiophene rings is 1. The number of hydrogen-bond donors (Lipinski definition) is 1. The number of carboxylic acids is 1. The van der Waals surface area contributed by atoms with E-state index in [0.29, 0.717) is 6.54 Å². The van der Waals surface area contributed by atoms with Crippen molar-refractivity contribution in [2.24, 2.45) is 4.99 Å². The summed E-state index contributed by atoms with van der Waals surface area (Å²) in [6.07, 6.45) is 3.53. The Morgan fingerprint density at radius 2 is 2.00 bits per heavy atom. The van der Waals surface area contributed by atoms with E-state index in [-0.39, 0.29) is 11.4 Å². The highest BCUT2D eigenvalue weighted by molar-refractivity contribution is 7.22. The van der Waals surface area contributed by atoms with Crippen LogP contribution in [0.15, 0.2) is 59.7 Å². The van der Waals surface area contributed by atoms with Gasteiger partial charge in [0, 0.05) is 27.6 Å². The second-order valence-corrected chi connectivity index (χ2v) is 7.88. The minimum absolute atomic E-state index is 0.0441. The zero-order valence-corrected chi connectivity index (χ0v) is 16.4. The van der Waals surface area contributed by atoms with Crippen LogP contribution < -0.4 is 4.74 Å². The van der Waals surface area contributed by atoms with Crippen molar-refractivity contribution >= 4 is 33.6 Å². The predicted molar refractivity (Wildman–Crippen MR) is 115 cm³/mol. The summed E-state index contributed by atoms with van der Waals surface area (Å²) in [5.74, 6) is -0.961. The van der Waals surface area contributed by atoms with Gasteiger partial charge in [-0.15, -0.1) is 11.3 Å². The highest BCUT2D eigenvalue weighted by atomic mass is 32.1. The van der Waals surface area contributed by atoms with Crippen molar-refractivity contribution in [1.82, 2.24) is 4.98 Å². The molecule has 1 aliphatic heterocycles. The third kappa shape index (κ3) is 2.98. The van der Waals surface area contributed by atoms with Crippen molar-refractivity contribution in [3.05, 3.63) is 71.4 Å². The van der Waals surface area contributed by atoms with Crippen LogP contribution in [-0.2, 0) is 6.54 Å². The summed E-state index contributed by atoms with van der Waals surface area (Å²) in [7, 11) is 1.42. The fourth-order valence-electron chi connectivity index (χ4n) is 3.65. The number of fused-ring (bicyclic) bond motifs is 2. The average Bonchev–Trinajstić information content (AvgIpc) is 3.39. The van der Waals surface area contributed by atoms with E-state index in [1.54, 1.807) is 23.6 Å². The Morgan fingerprint density at radius 1 is 1.14 bits per heavy atom. The summed E-state index contributed by atoms with van der Waals surface area (Å²) in [4.78, 5) is 21.4. The molecule has 0 bridgehead atoms. The number of benzene rings is 2. The Morgan fingerprint density at radius 3 is 2.79 bits per heavy atom. The van der Waals surface area contributed by atoms with E-state index in [1.165, 1.54) is 27.6 Å². The molecule has 1 aliphatic rings. The summed E-state index contributed by atoms with van der Waals surface area (Å²) in [6, 6.07) is 16.3. The average molecular weight is 400 g/mol. The first-order chi connectivity index (χ1) is 14.1. The van der Waals surface area contributed by atoms with Gasteiger partial charge in [0.2, 0.25) is 5.88 Å². The number of rotatable bonds is 4. The highest BCUT2D eigenvalue weighted by Gasteiger charge is 2.19. The van der Waals surface area contributed by atoms with Crippen molar-refractivity contribution in [2.75, 3.05) is 7.11 Å². The molecule has 0 saturated heterocycles. The molecule has 6 heteroatoms. The maximum Gasteiger partial charge on any atom is 0.341 e. The van der Waals surface area contributed by atoms with Gasteiger partial charge in [-0.05, 0) is 58.0 Å². The van der Waals surface area contributed by atoms with E-state index in [0.717, 1.165) is 22.3 Å². The van der Waals surface area contributed by atoms with Crippen molar-refractivity contribution in [2.45, 2.75) is 6.54 Å². The van der Waals surface area contributed by atoms with E-state index in [9.17, 15) is 9.90 Å². The van der Waals surface area contributed by atoms with Crippen LogP contribution >= 0.6 is 11.3 Å². The van der Waals surface area contributed by atoms with E-state index >= 15 is 0 Å². The molecular formula is C23H16N2O3S. The number of aromatic carboxylic acids is 1. The second kappa shape index (κ2) is 6.83. The molecule has 0 atom stereocenters. The number of carboxylic acid groups (broad SMARTS) is 1. The van der Waals surface area contributed by atoms with Crippen LogP contribution in [0.5, 0.6) is 5.88 Å². The maximum absolute atomic E-state index is 11.6. The molecule has 3 heterocycles. The molecule has 5 nitrogen and oxygen atoms in total. The largest absolute Gasteiger partial charge is 0.480 e. The molecule has 0 fully saturated rings. The monoisotopic (exact) mass is 400 g/mol. The number of aliphatic imine (C=N–C) groups is 1. The first-order valence-corrected chi connectivity index (χ1v) is 9.89. The molecule has 0 spiro atoms. The molecule has 142 valence electrons. The number of ether oxygens (including phenoxy) is 1. The first kappa shape index (κ1) is 17.6. The summed E-state index contributed by atoms with van der Waals surface area (Å²) in [6.45, 7) is 0.653. The van der Waals surface area contributed by atoms with Crippen LogP contribution in [0, 0.1) is 0 Å². The van der Waals surface area contributed by atoms with Gasteiger partial charge < -0.3 is 9.84 Å². The minimum Gasteiger partial charge on any atom is -0.480 e. The number of pyridine rings is 1. The van der Waals surface area contributed by atoms with Gasteiger partial charge >= 0.3 is 5.97 Å². The first-order valence-electron chi connectivity index (χ1n) is 9.07. The summed E-state index contributed by atoms with van der Waals surface area (Å²) in [5, 5.41) is 10.7. The Balaban J connectivity index is 1.70. The van der Waals surface area contributed by atoms with Gasteiger partial charge in [0.15, 0.2) is 0 Å². The third-order valence-electron chi connectivity index (χ3n) is 5.06. The van der Waals surface area contributed by atoms with E-state index in [2.05, 4.69) is 34.2 Å². The molecule has 29 heavy (non-hydrogen) atoms. The minimum atomic E-state index is -1.07. The molecule has 1 N–H and O–H groups in total. The van der Waals surface area contributed by atoms with Crippen LogP contribution in [0.2, 0.25) is 0 Å². The molecule has 5 rings (SSSR count). The van der Waals surface area contributed by atoms with Crippen LogP contribution in [0.3, 0.4) is 0 Å². The second-order valence-electron chi connectivity index (χ2n) is 6.80. The zero-order valence-electron chi connectivity index (χ0n) is 15.5. The van der Waals surface area contributed by atoms with Crippen LogP contribution in [0.4, 0.5) is 0 Å². The van der Waals surface area contributed by atoms with Gasteiger partial charge in [-0.1, -0.05) is 18.2 Å². The van der Waals surface area contributed by atoms with Gasteiger partial charge in [0.1, 0.15) is 5.56 Å². The van der Waals surface area contributed by atoms with Gasteiger partial charge in [0.05, 0.1) is 13.7 Å².